The molecule has 72 valence electrons. The molecule has 1 unspecified atom stereocenters. The molecule has 0 saturated heterocycles. The molecule has 1 aromatic heterocycles. The lowest BCUT2D eigenvalue weighted by atomic mass is 10.2. The van der Waals surface area contributed by atoms with Gasteiger partial charge in [0.25, 0.3) is 0 Å². The molecule has 0 fully saturated rings. The van der Waals surface area contributed by atoms with E-state index in [1.54, 1.807) is 19.9 Å². The van der Waals surface area contributed by atoms with Gasteiger partial charge in [0.05, 0.1) is 12.5 Å². The van der Waals surface area contributed by atoms with Crippen molar-refractivity contribution in [1.29, 1.82) is 0 Å². The number of halogens is 1. The summed E-state index contributed by atoms with van der Waals surface area (Å²) >= 11 is 5.79. The number of methoxy groups -OCH3 is 1. The highest BCUT2D eigenvalue weighted by Gasteiger charge is 2.17. The van der Waals surface area contributed by atoms with E-state index >= 15 is 0 Å². The number of alkyl halides is 1. The van der Waals surface area contributed by atoms with Crippen LogP contribution in [-0.2, 0) is 4.74 Å². The van der Waals surface area contributed by atoms with Crippen molar-refractivity contribution < 1.29 is 13.9 Å². The Morgan fingerprint density at radius 3 is 2.69 bits per heavy atom. The molecule has 0 bridgehead atoms. The number of hydrogen-bond donors (Lipinski definition) is 0. The molecule has 0 aliphatic rings. The molecule has 1 atom stereocenters. The number of hydrogen-bond acceptors (Lipinski definition) is 3. The Morgan fingerprint density at radius 1 is 1.69 bits per heavy atom. The predicted molar refractivity (Wildman–Crippen MR) is 49.1 cm³/mol. The third-order valence-corrected chi connectivity index (χ3v) is 1.91. The molecule has 0 aliphatic heterocycles. The van der Waals surface area contributed by atoms with Crippen LogP contribution in [0.15, 0.2) is 10.5 Å². The molecule has 13 heavy (non-hydrogen) atoms. The van der Waals surface area contributed by atoms with E-state index in [4.69, 9.17) is 16.0 Å². The van der Waals surface area contributed by atoms with Crippen molar-refractivity contribution in [2.24, 2.45) is 0 Å². The highest BCUT2D eigenvalue weighted by atomic mass is 35.5. The Kier molecular flexibility index (Phi) is 2.98. The topological polar surface area (TPSA) is 39.4 Å². The maximum absolute atomic E-state index is 11.1. The van der Waals surface area contributed by atoms with Crippen molar-refractivity contribution in [3.63, 3.8) is 0 Å². The number of ether oxygens (including phenoxy) is 1. The minimum Gasteiger partial charge on any atom is -0.463 e. The quantitative estimate of drug-likeness (QED) is 0.547. The molecular weight excluding hydrogens is 192 g/mol. The molecule has 1 rings (SSSR count). The van der Waals surface area contributed by atoms with Crippen molar-refractivity contribution in [3.05, 3.63) is 23.2 Å². The van der Waals surface area contributed by atoms with Crippen LogP contribution in [0, 0.1) is 6.92 Å². The Labute approximate surface area is 81.6 Å². The van der Waals surface area contributed by atoms with Crippen molar-refractivity contribution in [2.45, 2.75) is 19.2 Å². The average molecular weight is 203 g/mol. The fourth-order valence-corrected chi connectivity index (χ4v) is 1.11. The lowest BCUT2D eigenvalue weighted by molar-refractivity contribution is 0.0562. The molecule has 0 amide bonds. The van der Waals surface area contributed by atoms with E-state index in [0.717, 1.165) is 5.56 Å². The highest BCUT2D eigenvalue weighted by Crippen LogP contribution is 2.25. The average Bonchev–Trinajstić information content (AvgIpc) is 2.46. The van der Waals surface area contributed by atoms with Crippen molar-refractivity contribution in [1.82, 2.24) is 0 Å². The SMILES string of the molecule is COC(=O)c1oc(C(C)Cl)cc1C. The fourth-order valence-electron chi connectivity index (χ4n) is 0.998. The zero-order valence-corrected chi connectivity index (χ0v) is 8.51. The van der Waals surface area contributed by atoms with Crippen LogP contribution in [0.5, 0.6) is 0 Å². The van der Waals surface area contributed by atoms with E-state index in [1.165, 1.54) is 7.11 Å². The Hall–Kier alpha value is -0.960. The van der Waals surface area contributed by atoms with Gasteiger partial charge in [-0.25, -0.2) is 4.79 Å². The molecular formula is C9H11ClO3. The summed E-state index contributed by atoms with van der Waals surface area (Å²) in [5.74, 6) is 0.339. The number of carbonyl (C=O) groups is 1. The van der Waals surface area contributed by atoms with Crippen molar-refractivity contribution >= 4 is 17.6 Å². The van der Waals surface area contributed by atoms with Crippen LogP contribution in [0.2, 0.25) is 0 Å². The van der Waals surface area contributed by atoms with E-state index in [0.29, 0.717) is 5.76 Å². The molecule has 0 aromatic carbocycles. The first kappa shape index (κ1) is 10.1. The van der Waals surface area contributed by atoms with E-state index < -0.39 is 5.97 Å². The third kappa shape index (κ3) is 2.04. The van der Waals surface area contributed by atoms with Crippen molar-refractivity contribution in [2.75, 3.05) is 7.11 Å². The molecule has 0 N–H and O–H groups in total. The van der Waals surface area contributed by atoms with Gasteiger partial charge in [-0.1, -0.05) is 0 Å². The summed E-state index contributed by atoms with van der Waals surface area (Å²) in [4.78, 5) is 11.1. The number of carbonyl (C=O) groups excluding carboxylic acids is 1. The smallest absolute Gasteiger partial charge is 0.374 e. The van der Waals surface area contributed by atoms with Crippen LogP contribution in [0.25, 0.3) is 0 Å². The summed E-state index contributed by atoms with van der Waals surface area (Å²) in [6.45, 7) is 3.55. The summed E-state index contributed by atoms with van der Waals surface area (Å²) in [5, 5.41) is -0.239. The molecule has 0 aliphatic carbocycles. The van der Waals surface area contributed by atoms with Crippen LogP contribution in [0.3, 0.4) is 0 Å². The number of aryl methyl sites for hydroxylation is 1. The van der Waals surface area contributed by atoms with Crippen LogP contribution < -0.4 is 0 Å². The Morgan fingerprint density at radius 2 is 2.31 bits per heavy atom. The van der Waals surface area contributed by atoms with Gasteiger partial charge in [0, 0.05) is 5.56 Å². The molecule has 3 nitrogen and oxygen atoms in total. The zero-order chi connectivity index (χ0) is 10.0. The molecule has 4 heteroatoms. The van der Waals surface area contributed by atoms with Gasteiger partial charge in [-0.05, 0) is 19.9 Å². The summed E-state index contributed by atoms with van der Waals surface area (Å²) < 4.78 is 9.76. The molecule has 1 heterocycles. The van der Waals surface area contributed by atoms with Gasteiger partial charge in [0.15, 0.2) is 0 Å². The predicted octanol–water partition coefficient (Wildman–Crippen LogP) is 2.67. The van der Waals surface area contributed by atoms with Crippen LogP contribution >= 0.6 is 11.6 Å². The monoisotopic (exact) mass is 202 g/mol. The minimum absolute atomic E-state index is 0.227. The van der Waals surface area contributed by atoms with Crippen molar-refractivity contribution in [3.8, 4) is 0 Å². The lowest BCUT2D eigenvalue weighted by Crippen LogP contribution is -2.00. The summed E-state index contributed by atoms with van der Waals surface area (Å²) in [6, 6.07) is 1.74. The summed E-state index contributed by atoms with van der Waals surface area (Å²) in [7, 11) is 1.31. The van der Waals surface area contributed by atoms with E-state index in [1.807, 2.05) is 0 Å². The Balaban J connectivity index is 3.03. The maximum Gasteiger partial charge on any atom is 0.374 e. The van der Waals surface area contributed by atoms with Gasteiger partial charge in [0.2, 0.25) is 5.76 Å². The maximum atomic E-state index is 11.1. The van der Waals surface area contributed by atoms with Gasteiger partial charge in [-0.3, -0.25) is 0 Å². The minimum atomic E-state index is -0.471. The molecule has 0 radical (unpaired) electrons. The first-order valence-corrected chi connectivity index (χ1v) is 4.32. The summed E-state index contributed by atoms with van der Waals surface area (Å²) in [5.41, 5.74) is 0.745. The first-order valence-electron chi connectivity index (χ1n) is 3.89. The van der Waals surface area contributed by atoms with Crippen LogP contribution in [-0.4, -0.2) is 13.1 Å². The standard InChI is InChI=1S/C9H11ClO3/c1-5-4-7(6(2)10)13-8(5)9(11)12-3/h4,6H,1-3H3. The Bertz CT molecular complexity index is 315. The molecule has 0 spiro atoms. The number of furan rings is 1. The highest BCUT2D eigenvalue weighted by molar-refractivity contribution is 6.20. The van der Waals surface area contributed by atoms with Gasteiger partial charge >= 0.3 is 5.97 Å². The largest absolute Gasteiger partial charge is 0.463 e. The zero-order valence-electron chi connectivity index (χ0n) is 7.76. The molecule has 0 saturated carbocycles. The number of esters is 1. The second-order valence-electron chi connectivity index (χ2n) is 2.77. The van der Waals surface area contributed by atoms with Gasteiger partial charge in [-0.2, -0.15) is 0 Å². The van der Waals surface area contributed by atoms with E-state index in [2.05, 4.69) is 4.74 Å². The van der Waals surface area contributed by atoms with E-state index in [-0.39, 0.29) is 11.1 Å². The number of rotatable bonds is 2. The molecule has 1 aromatic rings. The normalized spacial score (nSPS) is 12.6. The lowest BCUT2D eigenvalue weighted by Gasteiger charge is -1.96. The van der Waals surface area contributed by atoms with Crippen LogP contribution in [0.1, 0.15) is 34.2 Å². The van der Waals surface area contributed by atoms with E-state index in [9.17, 15) is 4.79 Å². The van der Waals surface area contributed by atoms with Gasteiger partial charge in [-0.15, -0.1) is 11.6 Å². The van der Waals surface area contributed by atoms with Gasteiger partial charge in [0.1, 0.15) is 5.76 Å². The fraction of sp³-hybridized carbons (Fsp3) is 0.444. The summed E-state index contributed by atoms with van der Waals surface area (Å²) in [6.07, 6.45) is 0. The first-order chi connectivity index (χ1) is 6.06. The second-order valence-corrected chi connectivity index (χ2v) is 3.42. The third-order valence-electron chi connectivity index (χ3n) is 1.70. The van der Waals surface area contributed by atoms with Gasteiger partial charge < -0.3 is 9.15 Å². The second kappa shape index (κ2) is 3.83. The van der Waals surface area contributed by atoms with Crippen LogP contribution in [0.4, 0.5) is 0 Å².